The molecule has 1 aromatic carbocycles. The lowest BCUT2D eigenvalue weighted by molar-refractivity contribution is 0.702. The van der Waals surface area contributed by atoms with E-state index in [0.717, 1.165) is 31.9 Å². The van der Waals surface area contributed by atoms with Gasteiger partial charge in [-0.1, -0.05) is 43.7 Å². The topological polar surface area (TPSA) is 54.2 Å². The van der Waals surface area contributed by atoms with E-state index in [9.17, 15) is 0 Å². The number of nitrogens with zero attached hydrogens (tertiary/aromatic N) is 3. The molecule has 0 unspecified atom stereocenters. The number of hydrogen-bond donors (Lipinski definition) is 2. The molecule has 0 atom stereocenters. The zero-order chi connectivity index (χ0) is 18.2. The Balaban J connectivity index is 2.09. The number of aliphatic imine (C=N–C) groups is 1. The van der Waals surface area contributed by atoms with E-state index in [-0.39, 0.29) is 0 Å². The Morgan fingerprint density at radius 3 is 2.40 bits per heavy atom. The molecule has 0 saturated carbocycles. The van der Waals surface area contributed by atoms with Crippen molar-refractivity contribution in [1.82, 2.24) is 20.4 Å². The Hall–Kier alpha value is -2.30. The predicted octanol–water partition coefficient (Wildman–Crippen LogP) is 3.11. The van der Waals surface area contributed by atoms with Crippen LogP contribution in [0.3, 0.4) is 0 Å². The fourth-order valence-corrected chi connectivity index (χ4v) is 2.97. The summed E-state index contributed by atoms with van der Waals surface area (Å²) in [6.07, 6.45) is 1.93. The van der Waals surface area contributed by atoms with E-state index in [1.165, 1.54) is 28.1 Å². The zero-order valence-corrected chi connectivity index (χ0v) is 16.2. The van der Waals surface area contributed by atoms with Gasteiger partial charge in [0.15, 0.2) is 5.96 Å². The van der Waals surface area contributed by atoms with Crippen LogP contribution in [0.25, 0.3) is 0 Å². The van der Waals surface area contributed by atoms with E-state index in [4.69, 9.17) is 4.99 Å². The second-order valence-electron chi connectivity index (χ2n) is 6.24. The van der Waals surface area contributed by atoms with Crippen molar-refractivity contribution in [3.63, 3.8) is 0 Å². The van der Waals surface area contributed by atoms with Gasteiger partial charge in [0, 0.05) is 31.4 Å². The van der Waals surface area contributed by atoms with Gasteiger partial charge < -0.3 is 10.6 Å². The first-order valence-electron chi connectivity index (χ1n) is 9.20. The molecule has 0 aliphatic heterocycles. The van der Waals surface area contributed by atoms with Crippen molar-refractivity contribution < 1.29 is 0 Å². The largest absolute Gasteiger partial charge is 0.357 e. The fourth-order valence-electron chi connectivity index (χ4n) is 2.97. The van der Waals surface area contributed by atoms with Gasteiger partial charge in [-0.05, 0) is 32.3 Å². The summed E-state index contributed by atoms with van der Waals surface area (Å²) in [7, 11) is 2.03. The van der Waals surface area contributed by atoms with Crippen molar-refractivity contribution in [2.24, 2.45) is 12.0 Å². The third kappa shape index (κ3) is 5.08. The van der Waals surface area contributed by atoms with Crippen LogP contribution in [0.2, 0.25) is 0 Å². The minimum Gasteiger partial charge on any atom is -0.357 e. The zero-order valence-electron chi connectivity index (χ0n) is 16.2. The number of aromatic nitrogens is 2. The van der Waals surface area contributed by atoms with Crippen LogP contribution in [0.5, 0.6) is 0 Å². The molecule has 0 aliphatic carbocycles. The van der Waals surface area contributed by atoms with Gasteiger partial charge in [0.25, 0.3) is 0 Å². The second kappa shape index (κ2) is 9.25. The summed E-state index contributed by atoms with van der Waals surface area (Å²) in [6, 6.07) is 8.52. The summed E-state index contributed by atoms with van der Waals surface area (Å²) in [5, 5.41) is 11.4. The maximum Gasteiger partial charge on any atom is 0.191 e. The lowest BCUT2D eigenvalue weighted by Gasteiger charge is -2.12. The lowest BCUT2D eigenvalue weighted by Crippen LogP contribution is -2.37. The monoisotopic (exact) mass is 341 g/mol. The molecule has 136 valence electrons. The van der Waals surface area contributed by atoms with Crippen LogP contribution >= 0.6 is 0 Å². The highest BCUT2D eigenvalue weighted by Gasteiger charge is 2.13. The van der Waals surface area contributed by atoms with Crippen molar-refractivity contribution in [3.05, 3.63) is 52.3 Å². The highest BCUT2D eigenvalue weighted by Crippen LogP contribution is 2.15. The highest BCUT2D eigenvalue weighted by molar-refractivity contribution is 5.79. The molecule has 1 heterocycles. The summed E-state index contributed by atoms with van der Waals surface area (Å²) < 4.78 is 2.01. The van der Waals surface area contributed by atoms with E-state index >= 15 is 0 Å². The average Bonchev–Trinajstić information content (AvgIpc) is 2.93. The highest BCUT2D eigenvalue weighted by atomic mass is 15.3. The molecule has 0 aliphatic rings. The molecule has 0 amide bonds. The number of aryl methyl sites for hydroxylation is 3. The van der Waals surface area contributed by atoms with Crippen LogP contribution in [-0.4, -0.2) is 22.3 Å². The molecule has 25 heavy (non-hydrogen) atoms. The number of guanidine groups is 1. The first-order chi connectivity index (χ1) is 12.1. The normalized spacial score (nSPS) is 11.6. The molecular weight excluding hydrogens is 310 g/mol. The predicted molar refractivity (Wildman–Crippen MR) is 105 cm³/mol. The summed E-state index contributed by atoms with van der Waals surface area (Å²) in [6.45, 7) is 10.8. The van der Waals surface area contributed by atoms with Crippen LogP contribution in [0.15, 0.2) is 29.3 Å². The van der Waals surface area contributed by atoms with E-state index in [1.807, 2.05) is 11.7 Å². The van der Waals surface area contributed by atoms with Gasteiger partial charge in [0.1, 0.15) is 0 Å². The van der Waals surface area contributed by atoms with Crippen LogP contribution in [0, 0.1) is 6.92 Å². The average molecular weight is 342 g/mol. The first-order valence-corrected chi connectivity index (χ1v) is 9.20. The van der Waals surface area contributed by atoms with Gasteiger partial charge in [0.2, 0.25) is 0 Å². The van der Waals surface area contributed by atoms with Crippen molar-refractivity contribution in [2.45, 2.75) is 53.6 Å². The van der Waals surface area contributed by atoms with Crippen molar-refractivity contribution in [2.75, 3.05) is 6.54 Å². The van der Waals surface area contributed by atoms with Crippen molar-refractivity contribution in [1.29, 1.82) is 0 Å². The maximum absolute atomic E-state index is 4.71. The van der Waals surface area contributed by atoms with Gasteiger partial charge >= 0.3 is 0 Å². The maximum atomic E-state index is 4.71. The summed E-state index contributed by atoms with van der Waals surface area (Å²) in [5.74, 6) is 0.844. The smallest absolute Gasteiger partial charge is 0.191 e. The van der Waals surface area contributed by atoms with Gasteiger partial charge in [-0.3, -0.25) is 4.68 Å². The summed E-state index contributed by atoms with van der Waals surface area (Å²) in [5.41, 5.74) is 6.25. The molecule has 0 fully saturated rings. The molecule has 2 rings (SSSR count). The van der Waals surface area contributed by atoms with Crippen molar-refractivity contribution >= 4 is 5.96 Å². The molecule has 1 aromatic heterocycles. The standard InChI is InChI=1S/C20H31N5/c1-6-18-17(19(7-2)25(5)24-18)14-23-20(21-8-3)22-13-16-11-9-15(4)10-12-16/h9-12H,6-8,13-14H2,1-5H3,(H2,21,22,23). The second-order valence-corrected chi connectivity index (χ2v) is 6.24. The first kappa shape index (κ1) is 19.0. The molecule has 2 N–H and O–H groups in total. The quantitative estimate of drug-likeness (QED) is 0.601. The molecule has 0 spiro atoms. The molecule has 2 aromatic rings. The van der Waals surface area contributed by atoms with E-state index in [2.05, 4.69) is 67.7 Å². The minimum atomic E-state index is 0.671. The Morgan fingerprint density at radius 2 is 1.80 bits per heavy atom. The van der Waals surface area contributed by atoms with Gasteiger partial charge in [-0.2, -0.15) is 5.10 Å². The summed E-state index contributed by atoms with van der Waals surface area (Å²) >= 11 is 0. The van der Waals surface area contributed by atoms with Crippen LogP contribution in [0.4, 0.5) is 0 Å². The molecular formula is C20H31N5. The van der Waals surface area contributed by atoms with E-state index in [0.29, 0.717) is 6.54 Å². The van der Waals surface area contributed by atoms with E-state index < -0.39 is 0 Å². The van der Waals surface area contributed by atoms with Gasteiger partial charge in [0.05, 0.1) is 12.2 Å². The van der Waals surface area contributed by atoms with Gasteiger partial charge in [-0.25, -0.2) is 4.99 Å². The number of hydrogen-bond acceptors (Lipinski definition) is 2. The van der Waals surface area contributed by atoms with Gasteiger partial charge in [-0.15, -0.1) is 0 Å². The molecule has 5 nitrogen and oxygen atoms in total. The lowest BCUT2D eigenvalue weighted by atomic mass is 10.1. The Kier molecular flexibility index (Phi) is 7.04. The van der Waals surface area contributed by atoms with Crippen molar-refractivity contribution in [3.8, 4) is 0 Å². The Bertz CT molecular complexity index is 698. The van der Waals surface area contributed by atoms with Crippen LogP contribution in [0.1, 0.15) is 48.8 Å². The number of benzene rings is 1. The molecule has 0 radical (unpaired) electrons. The summed E-state index contributed by atoms with van der Waals surface area (Å²) in [4.78, 5) is 4.71. The Morgan fingerprint density at radius 1 is 1.08 bits per heavy atom. The molecule has 5 heteroatoms. The SMILES string of the molecule is CCNC(=NCc1ccc(C)cc1)NCc1c(CC)nn(C)c1CC. The molecule has 0 saturated heterocycles. The van der Waals surface area contributed by atoms with Crippen LogP contribution in [-0.2, 0) is 33.0 Å². The number of nitrogens with one attached hydrogen (secondary N) is 2. The minimum absolute atomic E-state index is 0.671. The molecule has 0 bridgehead atoms. The third-order valence-electron chi connectivity index (χ3n) is 4.34. The number of rotatable bonds is 7. The van der Waals surface area contributed by atoms with E-state index in [1.54, 1.807) is 0 Å². The third-order valence-corrected chi connectivity index (χ3v) is 4.34. The fraction of sp³-hybridized carbons (Fsp3) is 0.500. The Labute approximate surface area is 151 Å². The van der Waals surface area contributed by atoms with Crippen LogP contribution < -0.4 is 10.6 Å².